The number of halogens is 2. The van der Waals surface area contributed by atoms with E-state index in [2.05, 4.69) is 27.1 Å². The molecule has 0 bridgehead atoms. The highest BCUT2D eigenvalue weighted by Crippen LogP contribution is 2.36. The minimum Gasteiger partial charge on any atom is -0.496 e. The maximum Gasteiger partial charge on any atom is 0.251 e. The second kappa shape index (κ2) is 12.3. The Morgan fingerprint density at radius 3 is 2.58 bits per heavy atom. The molecule has 1 saturated heterocycles. The number of methoxy groups -OCH3 is 1. The molecule has 0 spiro atoms. The maximum absolute atomic E-state index is 14.3. The number of nitrogens with zero attached hydrogens (tertiary/aromatic N) is 2. The van der Waals surface area contributed by atoms with Crippen molar-refractivity contribution in [1.29, 1.82) is 0 Å². The average molecular weight is 555 g/mol. The van der Waals surface area contributed by atoms with Crippen molar-refractivity contribution in [1.82, 2.24) is 20.5 Å². The van der Waals surface area contributed by atoms with E-state index in [0.29, 0.717) is 25.9 Å². The van der Waals surface area contributed by atoms with Crippen LogP contribution in [0.4, 0.5) is 8.78 Å². The van der Waals surface area contributed by atoms with Crippen molar-refractivity contribution in [3.05, 3.63) is 83.7 Å². The number of carbonyl (C=O) groups is 2. The lowest BCUT2D eigenvalue weighted by Crippen LogP contribution is -2.73. The van der Waals surface area contributed by atoms with Crippen LogP contribution in [0, 0.1) is 11.6 Å². The van der Waals surface area contributed by atoms with Crippen LogP contribution in [0.25, 0.3) is 5.76 Å². The number of benzene rings is 1. The van der Waals surface area contributed by atoms with Crippen LogP contribution in [0.1, 0.15) is 50.3 Å². The van der Waals surface area contributed by atoms with E-state index in [4.69, 9.17) is 4.74 Å². The molecular weight excluding hydrogens is 518 g/mol. The van der Waals surface area contributed by atoms with Crippen molar-refractivity contribution in [2.75, 3.05) is 20.2 Å². The topological polar surface area (TPSA) is 104 Å². The van der Waals surface area contributed by atoms with Gasteiger partial charge >= 0.3 is 0 Å². The predicted octanol–water partition coefficient (Wildman–Crippen LogP) is 3.47. The molecule has 1 aromatic heterocycles. The van der Waals surface area contributed by atoms with Crippen molar-refractivity contribution < 1.29 is 28.2 Å². The van der Waals surface area contributed by atoms with Crippen molar-refractivity contribution in [2.45, 2.75) is 62.8 Å². The third-order valence-electron chi connectivity index (χ3n) is 7.64. The largest absolute Gasteiger partial charge is 0.496 e. The third kappa shape index (κ3) is 7.31. The number of hydrogen-bond donors (Lipinski definition) is 3. The number of pyridine rings is 1. The van der Waals surface area contributed by atoms with Crippen molar-refractivity contribution in [3.8, 4) is 0 Å². The van der Waals surface area contributed by atoms with Gasteiger partial charge in [-0.25, -0.2) is 8.78 Å². The van der Waals surface area contributed by atoms with E-state index >= 15 is 0 Å². The summed E-state index contributed by atoms with van der Waals surface area (Å²) in [5, 5.41) is 16.2. The number of amides is 2. The number of hydrogen-bond acceptors (Lipinski definition) is 6. The van der Waals surface area contributed by atoms with E-state index < -0.39 is 28.7 Å². The summed E-state index contributed by atoms with van der Waals surface area (Å²) < 4.78 is 32.9. The Hall–Kier alpha value is -3.63. The number of rotatable bonds is 10. The number of ether oxygens (including phenoxy) is 1. The van der Waals surface area contributed by atoms with E-state index in [1.807, 2.05) is 19.1 Å². The van der Waals surface area contributed by atoms with Crippen LogP contribution in [-0.4, -0.2) is 64.2 Å². The van der Waals surface area contributed by atoms with Crippen LogP contribution in [0.15, 0.2) is 60.8 Å². The van der Waals surface area contributed by atoms with Crippen molar-refractivity contribution >= 4 is 17.6 Å². The number of aromatic nitrogens is 1. The van der Waals surface area contributed by atoms with E-state index in [1.165, 1.54) is 19.3 Å². The Balaban J connectivity index is 1.45. The molecule has 2 heterocycles. The fourth-order valence-electron chi connectivity index (χ4n) is 5.36. The van der Waals surface area contributed by atoms with Gasteiger partial charge in [0, 0.05) is 37.0 Å². The SMILES string of the molecule is C=C(/C=C(\OC)c1ccc(F)cc1F)C(=O)NC1(CC(=O)NCc2ccccn2)CN(C2CCC(C)(O)CC2)C1. The second-order valence-corrected chi connectivity index (χ2v) is 11.0. The molecule has 2 aromatic rings. The standard InChI is InChI=1S/C30H36F2N4O4/c1-20(14-26(40-3)24-8-7-21(31)15-25(24)32)28(38)35-30(16-27(37)34-17-22-6-4-5-13-33-22)18-36(19-30)23-9-11-29(2,39)12-10-23/h4-8,13-15,23,39H,1,9-12,16-19H2,2-3H3,(H,34,37)(H,35,38)/b26-14-. The highest BCUT2D eigenvalue weighted by Gasteiger charge is 2.49. The highest BCUT2D eigenvalue weighted by atomic mass is 19.1. The molecule has 214 valence electrons. The smallest absolute Gasteiger partial charge is 0.251 e. The summed E-state index contributed by atoms with van der Waals surface area (Å²) in [7, 11) is 1.32. The molecule has 1 aromatic carbocycles. The quantitative estimate of drug-likeness (QED) is 0.236. The van der Waals surface area contributed by atoms with Crippen LogP contribution < -0.4 is 10.6 Å². The summed E-state index contributed by atoms with van der Waals surface area (Å²) in [4.78, 5) is 32.6. The summed E-state index contributed by atoms with van der Waals surface area (Å²) in [5.74, 6) is -2.30. The molecule has 8 nitrogen and oxygen atoms in total. The third-order valence-corrected chi connectivity index (χ3v) is 7.64. The van der Waals surface area contributed by atoms with Gasteiger partial charge in [-0.15, -0.1) is 0 Å². The molecule has 2 fully saturated rings. The summed E-state index contributed by atoms with van der Waals surface area (Å²) in [6, 6.07) is 8.76. The maximum atomic E-state index is 14.3. The lowest BCUT2D eigenvalue weighted by Gasteiger charge is -2.54. The van der Waals surface area contributed by atoms with Gasteiger partial charge in [0.1, 0.15) is 17.4 Å². The second-order valence-electron chi connectivity index (χ2n) is 11.0. The first-order valence-corrected chi connectivity index (χ1v) is 13.3. The molecule has 1 saturated carbocycles. The number of aliphatic hydroxyl groups is 1. The van der Waals surface area contributed by atoms with E-state index in [1.54, 1.807) is 12.3 Å². The summed E-state index contributed by atoms with van der Waals surface area (Å²) >= 11 is 0. The first-order valence-electron chi connectivity index (χ1n) is 13.3. The lowest BCUT2D eigenvalue weighted by molar-refractivity contribution is -0.130. The molecule has 2 amide bonds. The summed E-state index contributed by atoms with van der Waals surface area (Å²) in [6.07, 6.45) is 6.05. The molecule has 4 rings (SSSR count). The van der Waals surface area contributed by atoms with Gasteiger partial charge in [-0.3, -0.25) is 19.5 Å². The zero-order chi connectivity index (χ0) is 28.9. The van der Waals surface area contributed by atoms with Crippen molar-refractivity contribution in [3.63, 3.8) is 0 Å². The fraction of sp³-hybridized carbons (Fsp3) is 0.433. The summed E-state index contributed by atoms with van der Waals surface area (Å²) in [6.45, 7) is 6.86. The van der Waals surface area contributed by atoms with Gasteiger partial charge in [0.15, 0.2) is 0 Å². The first kappa shape index (κ1) is 29.4. The molecule has 0 unspecified atom stereocenters. The minimum atomic E-state index is -0.837. The normalized spacial score (nSPS) is 22.6. The lowest BCUT2D eigenvalue weighted by atomic mass is 9.78. The average Bonchev–Trinajstić information content (AvgIpc) is 2.90. The zero-order valence-corrected chi connectivity index (χ0v) is 22.9. The Kier molecular flexibility index (Phi) is 9.00. The van der Waals surface area contributed by atoms with E-state index in [-0.39, 0.29) is 41.8 Å². The van der Waals surface area contributed by atoms with Gasteiger partial charge in [-0.05, 0) is 62.9 Å². The number of nitrogens with one attached hydrogen (secondary N) is 2. The molecule has 3 N–H and O–H groups in total. The molecule has 1 aliphatic heterocycles. The first-order chi connectivity index (χ1) is 19.0. The fourth-order valence-corrected chi connectivity index (χ4v) is 5.36. The molecular formula is C30H36F2N4O4. The minimum absolute atomic E-state index is 0.000933. The summed E-state index contributed by atoms with van der Waals surface area (Å²) in [5.41, 5.74) is -0.788. The van der Waals surface area contributed by atoms with Gasteiger partial charge in [-0.2, -0.15) is 0 Å². The van der Waals surface area contributed by atoms with Gasteiger partial charge in [0.2, 0.25) is 5.91 Å². The molecule has 1 aliphatic carbocycles. The Bertz CT molecular complexity index is 1270. The van der Waals surface area contributed by atoms with Gasteiger partial charge in [0.05, 0.1) is 42.5 Å². The molecule has 2 aliphatic rings. The molecule has 10 heteroatoms. The Morgan fingerprint density at radius 2 is 1.95 bits per heavy atom. The van der Waals surface area contributed by atoms with E-state index in [0.717, 1.165) is 30.7 Å². The van der Waals surface area contributed by atoms with Crippen LogP contribution in [0.5, 0.6) is 0 Å². The van der Waals surface area contributed by atoms with Gasteiger partial charge < -0.3 is 20.5 Å². The van der Waals surface area contributed by atoms with Crippen LogP contribution in [0.3, 0.4) is 0 Å². The predicted molar refractivity (Wildman–Crippen MR) is 147 cm³/mol. The van der Waals surface area contributed by atoms with Crippen LogP contribution in [0.2, 0.25) is 0 Å². The Morgan fingerprint density at radius 1 is 1.23 bits per heavy atom. The number of likely N-dealkylation sites (tertiary alicyclic amines) is 1. The van der Waals surface area contributed by atoms with Crippen LogP contribution in [-0.2, 0) is 20.9 Å². The molecule has 40 heavy (non-hydrogen) atoms. The van der Waals surface area contributed by atoms with E-state index in [9.17, 15) is 23.5 Å². The molecule has 0 atom stereocenters. The van der Waals surface area contributed by atoms with Crippen molar-refractivity contribution in [2.24, 2.45) is 0 Å². The monoisotopic (exact) mass is 554 g/mol. The number of carbonyl (C=O) groups excluding carboxylic acids is 2. The van der Waals surface area contributed by atoms with Gasteiger partial charge in [0.25, 0.3) is 5.91 Å². The molecule has 0 radical (unpaired) electrons. The Labute approximate surface area is 233 Å². The van der Waals surface area contributed by atoms with Crippen LogP contribution >= 0.6 is 0 Å². The van der Waals surface area contributed by atoms with Gasteiger partial charge in [-0.1, -0.05) is 12.6 Å². The highest BCUT2D eigenvalue weighted by molar-refractivity contribution is 5.98. The zero-order valence-electron chi connectivity index (χ0n) is 22.9.